The average molecular weight is 442 g/mol. The molecular weight excluding hydrogens is 414 g/mol. The maximum Gasteiger partial charge on any atom is 0.254 e. The van der Waals surface area contributed by atoms with E-state index < -0.39 is 0 Å². The Labute approximate surface area is 193 Å². The van der Waals surface area contributed by atoms with E-state index in [1.165, 1.54) is 5.56 Å². The van der Waals surface area contributed by atoms with Gasteiger partial charge in [-0.05, 0) is 50.3 Å². The van der Waals surface area contributed by atoms with Crippen molar-refractivity contribution in [1.29, 1.82) is 0 Å². The molecule has 0 bridgehead atoms. The fraction of sp³-hybridized carbons (Fsp3) is 0.346. The molecular formula is C26H27N5O2. The summed E-state index contributed by atoms with van der Waals surface area (Å²) in [5.74, 6) is 1.41. The molecule has 3 aromatic rings. The number of aromatic nitrogens is 3. The van der Waals surface area contributed by atoms with Gasteiger partial charge in [-0.15, -0.1) is 0 Å². The van der Waals surface area contributed by atoms with Gasteiger partial charge in [0.1, 0.15) is 5.82 Å². The number of amides is 2. The summed E-state index contributed by atoms with van der Waals surface area (Å²) in [6.45, 7) is 3.23. The SMILES string of the molecule is Cc1nc(C2CCCN2C(=O)c2ccncc2)nc2c1CCC(=O)N2CCc1ccccc1. The topological polar surface area (TPSA) is 79.3 Å². The first-order chi connectivity index (χ1) is 16.1. The minimum atomic E-state index is -0.192. The quantitative estimate of drug-likeness (QED) is 0.604. The Hall–Kier alpha value is -3.61. The second-order valence-corrected chi connectivity index (χ2v) is 8.64. The van der Waals surface area contributed by atoms with Crippen LogP contribution in [-0.4, -0.2) is 44.8 Å². The number of likely N-dealkylation sites (tertiary alicyclic amines) is 1. The van der Waals surface area contributed by atoms with E-state index in [1.807, 2.05) is 34.9 Å². The highest BCUT2D eigenvalue weighted by molar-refractivity contribution is 5.96. The largest absolute Gasteiger partial charge is 0.328 e. The molecule has 2 aliphatic rings. The van der Waals surface area contributed by atoms with E-state index in [-0.39, 0.29) is 17.9 Å². The summed E-state index contributed by atoms with van der Waals surface area (Å²) in [6, 6.07) is 13.5. The summed E-state index contributed by atoms with van der Waals surface area (Å²) in [4.78, 5) is 43.4. The van der Waals surface area contributed by atoms with Crippen molar-refractivity contribution in [2.75, 3.05) is 18.0 Å². The number of carbonyl (C=O) groups excluding carboxylic acids is 2. The molecule has 4 heterocycles. The average Bonchev–Trinajstić information content (AvgIpc) is 3.34. The van der Waals surface area contributed by atoms with Gasteiger partial charge in [0.25, 0.3) is 5.91 Å². The van der Waals surface area contributed by atoms with Crippen LogP contribution in [0.2, 0.25) is 0 Å². The van der Waals surface area contributed by atoms with Crippen molar-refractivity contribution in [2.24, 2.45) is 0 Å². The molecule has 7 nitrogen and oxygen atoms in total. The van der Waals surface area contributed by atoms with Crippen LogP contribution in [0.3, 0.4) is 0 Å². The van der Waals surface area contributed by atoms with Crippen molar-refractivity contribution in [3.8, 4) is 0 Å². The van der Waals surface area contributed by atoms with Gasteiger partial charge < -0.3 is 4.90 Å². The molecule has 0 aliphatic carbocycles. The van der Waals surface area contributed by atoms with E-state index in [9.17, 15) is 9.59 Å². The third-order valence-corrected chi connectivity index (χ3v) is 6.56. The Kier molecular flexibility index (Phi) is 5.86. The second-order valence-electron chi connectivity index (χ2n) is 8.64. The smallest absolute Gasteiger partial charge is 0.254 e. The molecule has 2 aromatic heterocycles. The van der Waals surface area contributed by atoms with Crippen LogP contribution < -0.4 is 4.90 Å². The molecule has 1 aromatic carbocycles. The molecule has 0 saturated carbocycles. The number of pyridine rings is 1. The number of rotatable bonds is 5. The number of nitrogens with zero attached hydrogens (tertiary/aromatic N) is 5. The number of carbonyl (C=O) groups is 2. The number of benzene rings is 1. The molecule has 0 spiro atoms. The second kappa shape index (κ2) is 9.10. The van der Waals surface area contributed by atoms with Crippen molar-refractivity contribution in [1.82, 2.24) is 19.9 Å². The molecule has 1 fully saturated rings. The molecule has 2 amide bonds. The van der Waals surface area contributed by atoms with Crippen molar-refractivity contribution >= 4 is 17.6 Å². The first-order valence-corrected chi connectivity index (χ1v) is 11.5. The Bertz CT molecular complexity index is 1170. The monoisotopic (exact) mass is 441 g/mol. The highest BCUT2D eigenvalue weighted by Gasteiger charge is 2.35. The minimum absolute atomic E-state index is 0.0316. The van der Waals surface area contributed by atoms with E-state index >= 15 is 0 Å². The van der Waals surface area contributed by atoms with Crippen LogP contribution in [0.5, 0.6) is 0 Å². The molecule has 1 saturated heterocycles. The number of fused-ring (bicyclic) bond motifs is 1. The lowest BCUT2D eigenvalue weighted by molar-refractivity contribution is -0.118. The third kappa shape index (κ3) is 4.23. The first kappa shape index (κ1) is 21.2. The van der Waals surface area contributed by atoms with Crippen LogP contribution in [0, 0.1) is 6.92 Å². The lowest BCUT2D eigenvalue weighted by atomic mass is 10.0. The molecule has 33 heavy (non-hydrogen) atoms. The Morgan fingerprint density at radius 3 is 2.64 bits per heavy atom. The summed E-state index contributed by atoms with van der Waals surface area (Å²) in [5.41, 5.74) is 3.74. The van der Waals surface area contributed by atoms with Crippen LogP contribution in [0.1, 0.15) is 58.3 Å². The van der Waals surface area contributed by atoms with Crippen LogP contribution in [0.15, 0.2) is 54.9 Å². The van der Waals surface area contributed by atoms with Gasteiger partial charge in [0.15, 0.2) is 5.82 Å². The predicted octanol–water partition coefficient (Wildman–Crippen LogP) is 3.68. The van der Waals surface area contributed by atoms with Crippen LogP contribution >= 0.6 is 0 Å². The lowest BCUT2D eigenvalue weighted by Crippen LogP contribution is -2.39. The normalized spacial score (nSPS) is 17.8. The van der Waals surface area contributed by atoms with E-state index in [4.69, 9.17) is 9.97 Å². The van der Waals surface area contributed by atoms with Gasteiger partial charge in [0.05, 0.1) is 6.04 Å². The summed E-state index contributed by atoms with van der Waals surface area (Å²) < 4.78 is 0. The zero-order chi connectivity index (χ0) is 22.8. The summed E-state index contributed by atoms with van der Waals surface area (Å²) in [5, 5.41) is 0. The van der Waals surface area contributed by atoms with Gasteiger partial charge in [-0.1, -0.05) is 30.3 Å². The number of anilines is 1. The maximum absolute atomic E-state index is 13.2. The van der Waals surface area contributed by atoms with Gasteiger partial charge in [-0.25, -0.2) is 9.97 Å². The Morgan fingerprint density at radius 2 is 1.85 bits per heavy atom. The van der Waals surface area contributed by atoms with Gasteiger partial charge in [0, 0.05) is 48.7 Å². The molecule has 0 radical (unpaired) electrons. The maximum atomic E-state index is 13.2. The number of hydrogen-bond donors (Lipinski definition) is 0. The van der Waals surface area contributed by atoms with E-state index in [2.05, 4.69) is 17.1 Å². The van der Waals surface area contributed by atoms with Gasteiger partial charge in [0.2, 0.25) is 5.91 Å². The predicted molar refractivity (Wildman–Crippen MR) is 125 cm³/mol. The number of aryl methyl sites for hydroxylation is 1. The lowest BCUT2D eigenvalue weighted by Gasteiger charge is -2.31. The first-order valence-electron chi connectivity index (χ1n) is 11.5. The van der Waals surface area contributed by atoms with Gasteiger partial charge in [-0.3, -0.25) is 19.5 Å². The summed E-state index contributed by atoms with van der Waals surface area (Å²) >= 11 is 0. The molecule has 1 atom stereocenters. The van der Waals surface area contributed by atoms with Crippen LogP contribution in [0.25, 0.3) is 0 Å². The van der Waals surface area contributed by atoms with Crippen LogP contribution in [-0.2, 0) is 17.6 Å². The highest BCUT2D eigenvalue weighted by Crippen LogP contribution is 2.35. The standard InChI is InChI=1S/C26H27N5O2/c1-18-21-9-10-23(32)31(17-13-19-6-3-2-4-7-19)25(21)29-24(28-18)22-8-5-16-30(22)26(33)20-11-14-27-15-12-20/h2-4,6-7,11-12,14-15,22H,5,8-10,13,16-17H2,1H3. The van der Waals surface area contributed by atoms with E-state index in [0.29, 0.717) is 43.1 Å². The van der Waals surface area contributed by atoms with Crippen LogP contribution in [0.4, 0.5) is 5.82 Å². The molecule has 0 N–H and O–H groups in total. The Morgan fingerprint density at radius 1 is 1.06 bits per heavy atom. The Balaban J connectivity index is 1.45. The van der Waals surface area contributed by atoms with E-state index in [1.54, 1.807) is 24.5 Å². The molecule has 168 valence electrons. The van der Waals surface area contributed by atoms with E-state index in [0.717, 1.165) is 30.5 Å². The molecule has 1 unspecified atom stereocenters. The van der Waals surface area contributed by atoms with Gasteiger partial charge >= 0.3 is 0 Å². The third-order valence-electron chi connectivity index (χ3n) is 6.56. The zero-order valence-electron chi connectivity index (χ0n) is 18.8. The van der Waals surface area contributed by atoms with Crippen molar-refractivity contribution in [3.05, 3.63) is 83.1 Å². The highest BCUT2D eigenvalue weighted by atomic mass is 16.2. The molecule has 2 aliphatic heterocycles. The van der Waals surface area contributed by atoms with Crippen molar-refractivity contribution in [3.63, 3.8) is 0 Å². The van der Waals surface area contributed by atoms with Crippen molar-refractivity contribution < 1.29 is 9.59 Å². The van der Waals surface area contributed by atoms with Gasteiger partial charge in [-0.2, -0.15) is 0 Å². The molecule has 5 rings (SSSR count). The van der Waals surface area contributed by atoms with Crippen molar-refractivity contribution in [2.45, 2.75) is 45.1 Å². The fourth-order valence-corrected chi connectivity index (χ4v) is 4.81. The zero-order valence-corrected chi connectivity index (χ0v) is 18.8. The fourth-order valence-electron chi connectivity index (χ4n) is 4.81. The summed E-state index contributed by atoms with van der Waals surface area (Å²) in [7, 11) is 0. The summed E-state index contributed by atoms with van der Waals surface area (Å²) in [6.07, 6.45) is 6.88. The molecule has 7 heteroatoms. The minimum Gasteiger partial charge on any atom is -0.328 e. The number of hydrogen-bond acceptors (Lipinski definition) is 5.